The van der Waals surface area contributed by atoms with Crippen LogP contribution in [0.15, 0.2) is 0 Å². The van der Waals surface area contributed by atoms with Crippen molar-refractivity contribution in [1.82, 2.24) is 16.0 Å². The van der Waals surface area contributed by atoms with Gasteiger partial charge in [-0.1, -0.05) is 13.8 Å². The van der Waals surface area contributed by atoms with E-state index in [1.165, 1.54) is 6.92 Å². The van der Waals surface area contributed by atoms with E-state index in [2.05, 4.69) is 16.0 Å². The van der Waals surface area contributed by atoms with E-state index >= 15 is 0 Å². The zero-order valence-electron chi connectivity index (χ0n) is 14.4. The SMILES string of the molecule is CC(C)C(NC(=O)CNC(=O)C(N)CO)C(=O)NC(C(=O)O)C(C)O. The zero-order valence-corrected chi connectivity index (χ0v) is 14.4. The van der Waals surface area contributed by atoms with E-state index in [1.54, 1.807) is 13.8 Å². The molecule has 0 aromatic heterocycles. The minimum Gasteiger partial charge on any atom is -0.480 e. The van der Waals surface area contributed by atoms with Gasteiger partial charge in [0.1, 0.15) is 12.1 Å². The summed E-state index contributed by atoms with van der Waals surface area (Å²) in [6.07, 6.45) is -1.33. The third-order valence-corrected chi connectivity index (χ3v) is 3.27. The van der Waals surface area contributed by atoms with Crippen molar-refractivity contribution < 1.29 is 34.5 Å². The number of aliphatic hydroxyl groups is 2. The van der Waals surface area contributed by atoms with Crippen LogP contribution in [-0.2, 0) is 19.2 Å². The van der Waals surface area contributed by atoms with E-state index in [0.717, 1.165) is 0 Å². The van der Waals surface area contributed by atoms with Gasteiger partial charge in [0.25, 0.3) is 0 Å². The molecule has 11 heteroatoms. The molecule has 4 atom stereocenters. The summed E-state index contributed by atoms with van der Waals surface area (Å²) in [5, 5.41) is 33.8. The summed E-state index contributed by atoms with van der Waals surface area (Å²) in [5.74, 6) is -4.01. The third-order valence-electron chi connectivity index (χ3n) is 3.27. The normalized spacial score (nSPS) is 15.6. The Hall–Kier alpha value is -2.24. The maximum absolute atomic E-state index is 12.2. The smallest absolute Gasteiger partial charge is 0.328 e. The molecule has 0 aliphatic heterocycles. The lowest BCUT2D eigenvalue weighted by molar-refractivity contribution is -0.145. The van der Waals surface area contributed by atoms with Crippen LogP contribution in [0.25, 0.3) is 0 Å². The summed E-state index contributed by atoms with van der Waals surface area (Å²) in [7, 11) is 0. The fourth-order valence-electron chi connectivity index (χ4n) is 1.77. The summed E-state index contributed by atoms with van der Waals surface area (Å²) in [6.45, 7) is 3.41. The highest BCUT2D eigenvalue weighted by Gasteiger charge is 2.31. The molecule has 0 aliphatic rings. The van der Waals surface area contributed by atoms with Crippen molar-refractivity contribution in [2.75, 3.05) is 13.2 Å². The first kappa shape index (κ1) is 22.8. The number of carboxylic acids is 1. The molecule has 0 aromatic rings. The van der Waals surface area contributed by atoms with E-state index in [0.29, 0.717) is 0 Å². The Kier molecular flexibility index (Phi) is 9.64. The maximum atomic E-state index is 12.2. The van der Waals surface area contributed by atoms with Crippen LogP contribution in [0.4, 0.5) is 0 Å². The first-order chi connectivity index (χ1) is 11.5. The predicted octanol–water partition coefficient (Wildman–Crippen LogP) is -3.49. The quantitative estimate of drug-likeness (QED) is 0.208. The Morgan fingerprint density at radius 3 is 1.96 bits per heavy atom. The molecule has 0 saturated heterocycles. The first-order valence-corrected chi connectivity index (χ1v) is 7.66. The van der Waals surface area contributed by atoms with E-state index < -0.39 is 61.1 Å². The highest BCUT2D eigenvalue weighted by molar-refractivity contribution is 5.92. The molecule has 144 valence electrons. The lowest BCUT2D eigenvalue weighted by atomic mass is 10.0. The molecular weight excluding hydrogens is 336 g/mol. The van der Waals surface area contributed by atoms with Gasteiger partial charge in [-0.25, -0.2) is 4.79 Å². The van der Waals surface area contributed by atoms with Crippen molar-refractivity contribution in [1.29, 1.82) is 0 Å². The lowest BCUT2D eigenvalue weighted by Crippen LogP contribution is -2.57. The van der Waals surface area contributed by atoms with Crippen LogP contribution in [-0.4, -0.2) is 76.4 Å². The van der Waals surface area contributed by atoms with Crippen molar-refractivity contribution in [2.45, 2.75) is 45.0 Å². The van der Waals surface area contributed by atoms with Crippen molar-refractivity contribution >= 4 is 23.7 Å². The van der Waals surface area contributed by atoms with Crippen molar-refractivity contribution in [3.63, 3.8) is 0 Å². The molecule has 0 aromatic carbocycles. The van der Waals surface area contributed by atoms with Gasteiger partial charge in [0, 0.05) is 0 Å². The topological polar surface area (TPSA) is 191 Å². The first-order valence-electron chi connectivity index (χ1n) is 7.66. The number of hydrogen-bond donors (Lipinski definition) is 7. The minimum atomic E-state index is -1.52. The number of nitrogens with one attached hydrogen (secondary N) is 3. The number of hydrogen-bond acceptors (Lipinski definition) is 7. The number of nitrogens with two attached hydrogens (primary N) is 1. The van der Waals surface area contributed by atoms with Gasteiger partial charge in [-0.05, 0) is 12.8 Å². The van der Waals surface area contributed by atoms with Crippen LogP contribution in [0.5, 0.6) is 0 Å². The van der Waals surface area contributed by atoms with E-state index in [4.69, 9.17) is 15.9 Å². The fourth-order valence-corrected chi connectivity index (χ4v) is 1.77. The molecule has 0 spiro atoms. The molecule has 8 N–H and O–H groups in total. The van der Waals surface area contributed by atoms with Crippen LogP contribution in [0.2, 0.25) is 0 Å². The fraction of sp³-hybridized carbons (Fsp3) is 0.714. The summed E-state index contributed by atoms with van der Waals surface area (Å²) >= 11 is 0. The summed E-state index contributed by atoms with van der Waals surface area (Å²) < 4.78 is 0. The zero-order chi connectivity index (χ0) is 19.7. The van der Waals surface area contributed by atoms with Gasteiger partial charge in [-0.2, -0.15) is 0 Å². The van der Waals surface area contributed by atoms with Gasteiger partial charge >= 0.3 is 5.97 Å². The maximum Gasteiger partial charge on any atom is 0.328 e. The Bertz CT molecular complexity index is 496. The largest absolute Gasteiger partial charge is 0.480 e. The molecule has 0 rings (SSSR count). The van der Waals surface area contributed by atoms with Crippen LogP contribution < -0.4 is 21.7 Å². The Morgan fingerprint density at radius 1 is 1.00 bits per heavy atom. The van der Waals surface area contributed by atoms with Gasteiger partial charge in [0.2, 0.25) is 17.7 Å². The molecular formula is C14H26N4O7. The van der Waals surface area contributed by atoms with Crippen LogP contribution in [0.3, 0.4) is 0 Å². The molecule has 3 amide bonds. The van der Waals surface area contributed by atoms with Crippen molar-refractivity contribution in [2.24, 2.45) is 11.7 Å². The molecule has 0 heterocycles. The third kappa shape index (κ3) is 7.92. The number of carboxylic acid groups (broad SMARTS) is 1. The molecule has 0 fully saturated rings. The average Bonchev–Trinajstić information content (AvgIpc) is 2.53. The van der Waals surface area contributed by atoms with Crippen molar-refractivity contribution in [3.05, 3.63) is 0 Å². The van der Waals surface area contributed by atoms with Gasteiger partial charge in [-0.3, -0.25) is 14.4 Å². The van der Waals surface area contributed by atoms with E-state index in [-0.39, 0.29) is 5.92 Å². The molecule has 11 nitrogen and oxygen atoms in total. The van der Waals surface area contributed by atoms with Gasteiger partial charge in [0.15, 0.2) is 6.04 Å². The van der Waals surface area contributed by atoms with Gasteiger partial charge < -0.3 is 37.0 Å². The predicted molar refractivity (Wildman–Crippen MR) is 86.1 cm³/mol. The summed E-state index contributed by atoms with van der Waals surface area (Å²) in [4.78, 5) is 46.4. The van der Waals surface area contributed by atoms with Crippen LogP contribution in [0.1, 0.15) is 20.8 Å². The van der Waals surface area contributed by atoms with Crippen molar-refractivity contribution in [3.8, 4) is 0 Å². The van der Waals surface area contributed by atoms with Crippen LogP contribution >= 0.6 is 0 Å². The molecule has 0 bridgehead atoms. The Labute approximate surface area is 145 Å². The minimum absolute atomic E-state index is 0.386. The van der Waals surface area contributed by atoms with E-state index in [1.807, 2.05) is 0 Å². The average molecular weight is 362 g/mol. The number of carbonyl (C=O) groups excluding carboxylic acids is 3. The summed E-state index contributed by atoms with van der Waals surface area (Å²) in [6, 6.07) is -3.76. The Morgan fingerprint density at radius 2 is 1.56 bits per heavy atom. The van der Waals surface area contributed by atoms with Gasteiger partial charge in [0.05, 0.1) is 19.3 Å². The van der Waals surface area contributed by atoms with E-state index in [9.17, 15) is 24.3 Å². The summed E-state index contributed by atoms with van der Waals surface area (Å²) in [5.41, 5.74) is 5.27. The molecule has 0 saturated carbocycles. The molecule has 0 aliphatic carbocycles. The number of aliphatic hydroxyl groups excluding tert-OH is 2. The number of rotatable bonds is 10. The molecule has 0 radical (unpaired) electrons. The second-order valence-electron chi connectivity index (χ2n) is 5.86. The lowest BCUT2D eigenvalue weighted by Gasteiger charge is -2.25. The molecule has 4 unspecified atom stereocenters. The second-order valence-corrected chi connectivity index (χ2v) is 5.86. The molecule has 25 heavy (non-hydrogen) atoms. The Balaban J connectivity index is 4.79. The highest BCUT2D eigenvalue weighted by Crippen LogP contribution is 2.04. The standard InChI is InChI=1S/C14H26N4O7/c1-6(2)10(13(23)18-11(7(3)20)14(24)25)17-9(21)4-16-12(22)8(15)5-19/h6-8,10-11,19-20H,4-5,15H2,1-3H3,(H,16,22)(H,17,21)(H,18,23)(H,24,25). The second kappa shape index (κ2) is 10.6. The monoisotopic (exact) mass is 362 g/mol. The number of aliphatic carboxylic acids is 1. The highest BCUT2D eigenvalue weighted by atomic mass is 16.4. The van der Waals surface area contributed by atoms with Gasteiger partial charge in [-0.15, -0.1) is 0 Å². The van der Waals surface area contributed by atoms with Crippen LogP contribution in [0, 0.1) is 5.92 Å². The number of carbonyl (C=O) groups is 4. The number of amides is 3.